The number of benzene rings is 1. The zero-order valence-corrected chi connectivity index (χ0v) is 12.8. The van der Waals surface area contributed by atoms with Gasteiger partial charge in [0, 0.05) is 6.04 Å². The zero-order chi connectivity index (χ0) is 13.7. The van der Waals surface area contributed by atoms with Crippen LogP contribution < -0.4 is 5.32 Å². The molecule has 19 heavy (non-hydrogen) atoms. The summed E-state index contributed by atoms with van der Waals surface area (Å²) in [6.45, 7) is 7.91. The van der Waals surface area contributed by atoms with Gasteiger partial charge in [-0.25, -0.2) is 0 Å². The van der Waals surface area contributed by atoms with E-state index in [1.165, 1.54) is 32.1 Å². The number of hydrogen-bond donors (Lipinski definition) is 1. The fourth-order valence-corrected chi connectivity index (χ4v) is 3.03. The first-order chi connectivity index (χ1) is 9.22. The third-order valence-electron chi connectivity index (χ3n) is 4.40. The van der Waals surface area contributed by atoms with Gasteiger partial charge in [-0.1, -0.05) is 51.5 Å². The lowest BCUT2D eigenvalue weighted by Gasteiger charge is -2.31. The van der Waals surface area contributed by atoms with Crippen molar-refractivity contribution in [3.8, 4) is 0 Å². The molecular formula is C18H29N. The Kier molecular flexibility index (Phi) is 5.45. The van der Waals surface area contributed by atoms with E-state index in [-0.39, 0.29) is 0 Å². The van der Waals surface area contributed by atoms with Crippen LogP contribution in [0.4, 0.5) is 0 Å². The van der Waals surface area contributed by atoms with Crippen molar-refractivity contribution in [3.05, 3.63) is 35.4 Å². The highest BCUT2D eigenvalue weighted by Gasteiger charge is 2.24. The maximum Gasteiger partial charge on any atom is 0.0323 e. The van der Waals surface area contributed by atoms with Crippen LogP contribution in [-0.4, -0.2) is 6.54 Å². The molecule has 0 aromatic heterocycles. The Morgan fingerprint density at radius 3 is 2.47 bits per heavy atom. The van der Waals surface area contributed by atoms with Gasteiger partial charge in [-0.15, -0.1) is 0 Å². The summed E-state index contributed by atoms with van der Waals surface area (Å²) in [5.41, 5.74) is 3.18. The Labute approximate surface area is 118 Å². The molecule has 0 saturated heterocycles. The van der Waals surface area contributed by atoms with E-state index in [1.54, 1.807) is 11.1 Å². The largest absolute Gasteiger partial charge is 0.310 e. The maximum atomic E-state index is 3.70. The number of nitrogens with one attached hydrogen (secondary N) is 1. The van der Waals surface area contributed by atoms with Gasteiger partial charge in [-0.3, -0.25) is 0 Å². The first-order valence-corrected chi connectivity index (χ1v) is 8.04. The molecule has 0 bridgehead atoms. The molecule has 1 atom stereocenters. The molecule has 1 aliphatic rings. The lowest BCUT2D eigenvalue weighted by molar-refractivity contribution is 0.402. The third-order valence-corrected chi connectivity index (χ3v) is 4.40. The third kappa shape index (κ3) is 3.82. The normalized spacial score (nSPS) is 17.5. The van der Waals surface area contributed by atoms with Crippen molar-refractivity contribution < 1.29 is 0 Å². The molecule has 1 fully saturated rings. The highest BCUT2D eigenvalue weighted by molar-refractivity contribution is 5.34. The summed E-state index contributed by atoms with van der Waals surface area (Å²) in [4.78, 5) is 0. The fourth-order valence-electron chi connectivity index (χ4n) is 3.03. The fraction of sp³-hybridized carbons (Fsp3) is 0.667. The van der Waals surface area contributed by atoms with E-state index < -0.39 is 0 Å². The molecule has 1 aliphatic carbocycles. The smallest absolute Gasteiger partial charge is 0.0323 e. The summed E-state index contributed by atoms with van der Waals surface area (Å²) in [6, 6.07) is 9.67. The van der Waals surface area contributed by atoms with Crippen molar-refractivity contribution in [2.24, 2.45) is 5.92 Å². The van der Waals surface area contributed by atoms with E-state index in [1.807, 2.05) is 0 Å². The monoisotopic (exact) mass is 259 g/mol. The standard InChI is InChI=1S/C18H29N/c1-4-19-18(13-12-14(2)3)17-11-6-5-10-16(17)15-8-7-9-15/h5-6,10-11,14-15,18-19H,4,7-9,12-13H2,1-3H3. The van der Waals surface area contributed by atoms with Crippen LogP contribution in [0.15, 0.2) is 24.3 Å². The van der Waals surface area contributed by atoms with Crippen LogP contribution >= 0.6 is 0 Å². The Hall–Kier alpha value is -0.820. The van der Waals surface area contributed by atoms with Crippen molar-refractivity contribution in [2.45, 2.75) is 64.8 Å². The summed E-state index contributed by atoms with van der Waals surface area (Å²) >= 11 is 0. The predicted molar refractivity (Wildman–Crippen MR) is 83.5 cm³/mol. The van der Waals surface area contributed by atoms with Crippen LogP contribution in [-0.2, 0) is 0 Å². The number of hydrogen-bond acceptors (Lipinski definition) is 1. The van der Waals surface area contributed by atoms with Crippen molar-refractivity contribution in [3.63, 3.8) is 0 Å². The van der Waals surface area contributed by atoms with Crippen molar-refractivity contribution in [2.75, 3.05) is 6.54 Å². The van der Waals surface area contributed by atoms with Gasteiger partial charge < -0.3 is 5.32 Å². The van der Waals surface area contributed by atoms with Crippen LogP contribution in [0.5, 0.6) is 0 Å². The average molecular weight is 259 g/mol. The summed E-state index contributed by atoms with van der Waals surface area (Å²) in [5, 5.41) is 3.70. The molecule has 1 N–H and O–H groups in total. The molecule has 0 aliphatic heterocycles. The van der Waals surface area contributed by atoms with E-state index in [9.17, 15) is 0 Å². The molecule has 1 aromatic rings. The Morgan fingerprint density at radius 1 is 1.16 bits per heavy atom. The minimum atomic E-state index is 0.546. The molecule has 1 nitrogen and oxygen atoms in total. The van der Waals surface area contributed by atoms with Crippen LogP contribution in [0, 0.1) is 5.92 Å². The van der Waals surface area contributed by atoms with Gasteiger partial charge in [0.05, 0.1) is 0 Å². The Morgan fingerprint density at radius 2 is 1.89 bits per heavy atom. The van der Waals surface area contributed by atoms with E-state index in [0.29, 0.717) is 6.04 Å². The predicted octanol–water partition coefficient (Wildman–Crippen LogP) is 5.04. The summed E-state index contributed by atoms with van der Waals surface area (Å²) < 4.78 is 0. The second-order valence-corrected chi connectivity index (χ2v) is 6.34. The van der Waals surface area contributed by atoms with E-state index in [2.05, 4.69) is 50.4 Å². The van der Waals surface area contributed by atoms with Crippen LogP contribution in [0.25, 0.3) is 0 Å². The lowest BCUT2D eigenvalue weighted by atomic mass is 9.76. The summed E-state index contributed by atoms with van der Waals surface area (Å²) in [7, 11) is 0. The van der Waals surface area contributed by atoms with Gasteiger partial charge in [0.15, 0.2) is 0 Å². The maximum absolute atomic E-state index is 3.70. The molecule has 0 spiro atoms. The molecule has 0 heterocycles. The highest BCUT2D eigenvalue weighted by Crippen LogP contribution is 2.40. The van der Waals surface area contributed by atoms with Crippen LogP contribution in [0.3, 0.4) is 0 Å². The van der Waals surface area contributed by atoms with Crippen LogP contribution in [0.1, 0.15) is 76.0 Å². The minimum Gasteiger partial charge on any atom is -0.310 e. The second-order valence-electron chi connectivity index (χ2n) is 6.34. The second kappa shape index (κ2) is 7.09. The lowest BCUT2D eigenvalue weighted by Crippen LogP contribution is -2.24. The first-order valence-electron chi connectivity index (χ1n) is 8.04. The molecule has 1 heteroatoms. The molecule has 0 radical (unpaired) electrons. The van der Waals surface area contributed by atoms with E-state index >= 15 is 0 Å². The molecule has 106 valence electrons. The summed E-state index contributed by atoms with van der Waals surface area (Å²) in [5.74, 6) is 1.62. The van der Waals surface area contributed by atoms with Gasteiger partial charge >= 0.3 is 0 Å². The molecular weight excluding hydrogens is 230 g/mol. The van der Waals surface area contributed by atoms with E-state index in [0.717, 1.165) is 18.4 Å². The van der Waals surface area contributed by atoms with Crippen molar-refractivity contribution >= 4 is 0 Å². The van der Waals surface area contributed by atoms with Gasteiger partial charge in [0.25, 0.3) is 0 Å². The van der Waals surface area contributed by atoms with Gasteiger partial charge in [-0.2, -0.15) is 0 Å². The SMILES string of the molecule is CCNC(CCC(C)C)c1ccccc1C1CCC1. The molecule has 1 saturated carbocycles. The van der Waals surface area contributed by atoms with Gasteiger partial charge in [0.2, 0.25) is 0 Å². The minimum absolute atomic E-state index is 0.546. The quantitative estimate of drug-likeness (QED) is 0.723. The number of rotatable bonds is 7. The Bertz CT molecular complexity index is 379. The topological polar surface area (TPSA) is 12.0 Å². The van der Waals surface area contributed by atoms with Gasteiger partial charge in [-0.05, 0) is 55.2 Å². The van der Waals surface area contributed by atoms with Crippen molar-refractivity contribution in [1.29, 1.82) is 0 Å². The molecule has 1 aromatic carbocycles. The molecule has 0 amide bonds. The molecule has 1 unspecified atom stereocenters. The highest BCUT2D eigenvalue weighted by atomic mass is 14.9. The molecule has 2 rings (SSSR count). The Balaban J connectivity index is 2.14. The zero-order valence-electron chi connectivity index (χ0n) is 12.8. The van der Waals surface area contributed by atoms with E-state index in [4.69, 9.17) is 0 Å². The van der Waals surface area contributed by atoms with Crippen molar-refractivity contribution in [1.82, 2.24) is 5.32 Å². The summed E-state index contributed by atoms with van der Waals surface area (Å²) in [6.07, 6.45) is 6.75. The van der Waals surface area contributed by atoms with Gasteiger partial charge in [0.1, 0.15) is 0 Å². The first kappa shape index (κ1) is 14.6. The van der Waals surface area contributed by atoms with Crippen LogP contribution in [0.2, 0.25) is 0 Å². The average Bonchev–Trinajstić information content (AvgIpc) is 2.33.